The van der Waals surface area contributed by atoms with Gasteiger partial charge in [-0.2, -0.15) is 0 Å². The maximum Gasteiger partial charge on any atom is 0.225 e. The quantitative estimate of drug-likeness (QED) is 0.926. The van der Waals surface area contributed by atoms with E-state index in [1.807, 2.05) is 11.8 Å². The number of nitrogens with zero attached hydrogens (tertiary/aromatic N) is 1. The van der Waals surface area contributed by atoms with Crippen molar-refractivity contribution in [2.75, 3.05) is 13.1 Å². The lowest BCUT2D eigenvalue weighted by molar-refractivity contribution is -0.171. The summed E-state index contributed by atoms with van der Waals surface area (Å²) in [5.74, 6) is 1.14. The minimum absolute atomic E-state index is 0.0724. The lowest BCUT2D eigenvalue weighted by atomic mass is 9.56. The lowest BCUT2D eigenvalue weighted by Gasteiger charge is -2.60. The Balaban J connectivity index is 1.26. The van der Waals surface area contributed by atoms with Gasteiger partial charge in [0.2, 0.25) is 5.91 Å². The second-order valence-corrected chi connectivity index (χ2v) is 9.13. The summed E-state index contributed by atoms with van der Waals surface area (Å²) in [6.07, 6.45) is 5.02. The molecule has 0 radical (unpaired) electrons. The molecule has 1 spiro atoms. The van der Waals surface area contributed by atoms with Gasteiger partial charge in [-0.25, -0.2) is 0 Å². The maximum atomic E-state index is 12.4. The van der Waals surface area contributed by atoms with Gasteiger partial charge in [-0.05, 0) is 75.5 Å². The van der Waals surface area contributed by atoms with Crippen LogP contribution >= 0.6 is 0 Å². The summed E-state index contributed by atoms with van der Waals surface area (Å²) < 4.78 is 0. The van der Waals surface area contributed by atoms with E-state index >= 15 is 0 Å². The van der Waals surface area contributed by atoms with Gasteiger partial charge in [0, 0.05) is 24.4 Å². The topological polar surface area (TPSA) is 40.5 Å². The van der Waals surface area contributed by atoms with E-state index in [1.54, 1.807) is 0 Å². The molecule has 1 N–H and O–H groups in total. The highest BCUT2D eigenvalue weighted by Crippen LogP contribution is 2.54. The third-order valence-electron chi connectivity index (χ3n) is 6.75. The number of carbonyl (C=O) groups excluding carboxylic acids is 1. The summed E-state index contributed by atoms with van der Waals surface area (Å²) in [7, 11) is 0. The number of hydrogen-bond donors (Lipinski definition) is 1. The number of carbonyl (C=O) groups is 1. The summed E-state index contributed by atoms with van der Waals surface area (Å²) in [5.41, 5.74) is 4.15. The standard InChI is InChI=1S/C21H29NO2/c1-14-5-4-6-17(15(14)2)7-16-8-21(9-16)12-22(13-21)19(23)18-10-20(3,24)11-18/h4-6,16,18,24H,7-13H2,1-3H3. The summed E-state index contributed by atoms with van der Waals surface area (Å²) >= 11 is 0. The number of benzene rings is 1. The van der Waals surface area contributed by atoms with E-state index in [9.17, 15) is 9.90 Å². The summed E-state index contributed by atoms with van der Waals surface area (Å²) in [5, 5.41) is 9.81. The molecule has 130 valence electrons. The second kappa shape index (κ2) is 5.32. The molecule has 0 unspecified atom stereocenters. The monoisotopic (exact) mass is 327 g/mol. The van der Waals surface area contributed by atoms with E-state index in [0.717, 1.165) is 19.0 Å². The molecule has 1 amide bonds. The minimum Gasteiger partial charge on any atom is -0.390 e. The molecule has 0 aromatic heterocycles. The first-order valence-electron chi connectivity index (χ1n) is 9.33. The number of aryl methyl sites for hydroxylation is 1. The molecule has 3 nitrogen and oxygen atoms in total. The predicted octanol–water partition coefficient (Wildman–Crippen LogP) is 3.25. The molecule has 2 saturated carbocycles. The van der Waals surface area contributed by atoms with Crippen molar-refractivity contribution in [1.82, 2.24) is 4.90 Å². The Morgan fingerprint density at radius 2 is 1.88 bits per heavy atom. The van der Waals surface area contributed by atoms with Crippen LogP contribution < -0.4 is 0 Å². The van der Waals surface area contributed by atoms with Crippen molar-refractivity contribution in [3.63, 3.8) is 0 Å². The summed E-state index contributed by atoms with van der Waals surface area (Å²) in [6.45, 7) is 8.16. The zero-order valence-electron chi connectivity index (χ0n) is 15.1. The largest absolute Gasteiger partial charge is 0.390 e. The van der Waals surface area contributed by atoms with E-state index in [0.29, 0.717) is 18.3 Å². The first-order chi connectivity index (χ1) is 11.3. The molecule has 0 bridgehead atoms. The zero-order valence-corrected chi connectivity index (χ0v) is 15.1. The van der Waals surface area contributed by atoms with Crippen LogP contribution in [0.15, 0.2) is 18.2 Å². The zero-order chi connectivity index (χ0) is 17.1. The Hall–Kier alpha value is -1.35. The number of hydrogen-bond acceptors (Lipinski definition) is 2. The van der Waals surface area contributed by atoms with Gasteiger partial charge in [0.1, 0.15) is 0 Å². The summed E-state index contributed by atoms with van der Waals surface area (Å²) in [4.78, 5) is 14.4. The normalized spacial score (nSPS) is 31.3. The molecule has 1 aliphatic heterocycles. The van der Waals surface area contributed by atoms with Crippen LogP contribution in [0.1, 0.15) is 49.3 Å². The van der Waals surface area contributed by atoms with Crippen LogP contribution in [0.2, 0.25) is 0 Å². The van der Waals surface area contributed by atoms with Crippen LogP contribution in [-0.2, 0) is 11.2 Å². The van der Waals surface area contributed by atoms with Gasteiger partial charge in [0.15, 0.2) is 0 Å². The van der Waals surface area contributed by atoms with Gasteiger partial charge in [-0.1, -0.05) is 18.2 Å². The van der Waals surface area contributed by atoms with Crippen LogP contribution in [0, 0.1) is 31.1 Å². The molecule has 24 heavy (non-hydrogen) atoms. The van der Waals surface area contributed by atoms with E-state index in [-0.39, 0.29) is 11.8 Å². The van der Waals surface area contributed by atoms with Crippen LogP contribution in [-0.4, -0.2) is 34.6 Å². The fraction of sp³-hybridized carbons (Fsp3) is 0.667. The Labute approximate surface area is 145 Å². The molecule has 1 heterocycles. The molecule has 2 aliphatic carbocycles. The van der Waals surface area contributed by atoms with Gasteiger partial charge >= 0.3 is 0 Å². The van der Waals surface area contributed by atoms with E-state index in [4.69, 9.17) is 0 Å². The third-order valence-corrected chi connectivity index (χ3v) is 6.75. The summed E-state index contributed by atoms with van der Waals surface area (Å²) in [6, 6.07) is 6.63. The number of aliphatic hydroxyl groups is 1. The molecule has 3 heteroatoms. The van der Waals surface area contributed by atoms with Crippen molar-refractivity contribution in [3.8, 4) is 0 Å². The highest BCUT2D eigenvalue weighted by molar-refractivity contribution is 5.81. The fourth-order valence-corrected chi connectivity index (χ4v) is 5.27. The molecule has 3 aliphatic rings. The Morgan fingerprint density at radius 1 is 1.21 bits per heavy atom. The highest BCUT2D eigenvalue weighted by Gasteiger charge is 2.55. The van der Waals surface area contributed by atoms with Gasteiger partial charge in [0.05, 0.1) is 5.60 Å². The third kappa shape index (κ3) is 2.67. The van der Waals surface area contributed by atoms with Gasteiger partial charge in [-0.3, -0.25) is 4.79 Å². The number of amides is 1. The van der Waals surface area contributed by atoms with Crippen LogP contribution in [0.3, 0.4) is 0 Å². The van der Waals surface area contributed by atoms with Crippen LogP contribution in [0.4, 0.5) is 0 Å². The Bertz CT molecular complexity index is 656. The van der Waals surface area contributed by atoms with Gasteiger partial charge in [-0.15, -0.1) is 0 Å². The highest BCUT2D eigenvalue weighted by atomic mass is 16.3. The average molecular weight is 327 g/mol. The van der Waals surface area contributed by atoms with Crippen LogP contribution in [0.5, 0.6) is 0 Å². The molecule has 1 aromatic carbocycles. The molecule has 3 fully saturated rings. The second-order valence-electron chi connectivity index (χ2n) is 9.13. The number of rotatable bonds is 3. The molecule has 1 aromatic rings. The van der Waals surface area contributed by atoms with Gasteiger partial charge in [0.25, 0.3) is 0 Å². The first-order valence-corrected chi connectivity index (χ1v) is 9.33. The smallest absolute Gasteiger partial charge is 0.225 e. The van der Waals surface area contributed by atoms with Crippen molar-refractivity contribution >= 4 is 5.91 Å². The molecule has 1 saturated heterocycles. The van der Waals surface area contributed by atoms with Crippen molar-refractivity contribution < 1.29 is 9.90 Å². The van der Waals surface area contributed by atoms with Crippen molar-refractivity contribution in [2.24, 2.45) is 17.3 Å². The lowest BCUT2D eigenvalue weighted by Crippen LogP contribution is -2.66. The van der Waals surface area contributed by atoms with Crippen molar-refractivity contribution in [2.45, 2.75) is 58.5 Å². The first kappa shape index (κ1) is 16.1. The van der Waals surface area contributed by atoms with Crippen molar-refractivity contribution in [3.05, 3.63) is 34.9 Å². The average Bonchev–Trinajstić information content (AvgIpc) is 2.41. The molecule has 4 rings (SSSR count). The van der Waals surface area contributed by atoms with Crippen LogP contribution in [0.25, 0.3) is 0 Å². The van der Waals surface area contributed by atoms with E-state index < -0.39 is 5.60 Å². The SMILES string of the molecule is Cc1cccc(CC2CC3(C2)CN(C(=O)C2CC(C)(O)C2)C3)c1C. The molecular formula is C21H29NO2. The van der Waals surface area contributed by atoms with Gasteiger partial charge < -0.3 is 10.0 Å². The van der Waals surface area contributed by atoms with Crippen molar-refractivity contribution in [1.29, 1.82) is 0 Å². The maximum absolute atomic E-state index is 12.4. The Morgan fingerprint density at radius 3 is 2.50 bits per heavy atom. The molecule has 0 atom stereocenters. The molecular weight excluding hydrogens is 298 g/mol. The van der Waals surface area contributed by atoms with E-state index in [1.165, 1.54) is 36.0 Å². The Kier molecular flexibility index (Phi) is 3.58. The van der Waals surface area contributed by atoms with E-state index in [2.05, 4.69) is 32.0 Å². The predicted molar refractivity (Wildman–Crippen MR) is 94.7 cm³/mol. The minimum atomic E-state index is -0.601. The fourth-order valence-electron chi connectivity index (χ4n) is 5.27. The number of likely N-dealkylation sites (tertiary alicyclic amines) is 1.